The van der Waals surface area contributed by atoms with Crippen molar-refractivity contribution in [1.29, 1.82) is 0 Å². The second-order valence-electron chi connectivity index (χ2n) is 4.46. The van der Waals surface area contributed by atoms with Gasteiger partial charge in [0.2, 0.25) is 0 Å². The summed E-state index contributed by atoms with van der Waals surface area (Å²) < 4.78 is 19.7. The van der Waals surface area contributed by atoms with Crippen LogP contribution < -0.4 is 4.74 Å². The minimum atomic E-state index is -0.274. The maximum atomic E-state index is 13.3. The smallest absolute Gasteiger partial charge is 0.136 e. The predicted octanol–water partition coefficient (Wildman–Crippen LogP) is 3.30. The summed E-state index contributed by atoms with van der Waals surface area (Å²) in [6, 6.07) is 2.91. The second kappa shape index (κ2) is 5.83. The monoisotopic (exact) mass is 302 g/mol. The van der Waals surface area contributed by atoms with E-state index < -0.39 is 0 Å². The first-order valence-electron chi connectivity index (χ1n) is 5.92. The van der Waals surface area contributed by atoms with Gasteiger partial charge in [-0.25, -0.2) is 4.39 Å². The van der Waals surface area contributed by atoms with Crippen LogP contribution in [0.15, 0.2) is 16.6 Å². The van der Waals surface area contributed by atoms with E-state index in [1.807, 2.05) is 0 Å². The molecule has 0 aromatic heterocycles. The van der Waals surface area contributed by atoms with Crippen LogP contribution in [0.3, 0.4) is 0 Å². The molecule has 1 saturated carbocycles. The van der Waals surface area contributed by atoms with Gasteiger partial charge in [-0.3, -0.25) is 0 Å². The van der Waals surface area contributed by atoms with E-state index in [-0.39, 0.29) is 12.4 Å². The molecule has 0 spiro atoms. The van der Waals surface area contributed by atoms with Crippen molar-refractivity contribution in [2.24, 2.45) is 5.92 Å². The van der Waals surface area contributed by atoms with Crippen LogP contribution in [-0.2, 0) is 6.42 Å². The van der Waals surface area contributed by atoms with Gasteiger partial charge in [0.15, 0.2) is 0 Å². The molecule has 0 radical (unpaired) electrons. The van der Waals surface area contributed by atoms with Crippen molar-refractivity contribution in [2.45, 2.75) is 25.7 Å². The van der Waals surface area contributed by atoms with Gasteiger partial charge in [-0.1, -0.05) is 0 Å². The normalized spacial score (nSPS) is 15.0. The molecule has 1 aromatic rings. The summed E-state index contributed by atoms with van der Waals surface area (Å²) in [4.78, 5) is 0. The molecule has 0 heterocycles. The minimum absolute atomic E-state index is 0.107. The first kappa shape index (κ1) is 12.8. The Morgan fingerprint density at radius 1 is 1.41 bits per heavy atom. The third-order valence-electron chi connectivity index (χ3n) is 2.85. The van der Waals surface area contributed by atoms with Gasteiger partial charge in [0.05, 0.1) is 11.1 Å². The zero-order chi connectivity index (χ0) is 12.3. The number of halogens is 2. The molecule has 0 amide bonds. The van der Waals surface area contributed by atoms with Gasteiger partial charge in [-0.15, -0.1) is 0 Å². The molecule has 0 saturated heterocycles. The number of ether oxygens (including phenoxy) is 1. The highest BCUT2D eigenvalue weighted by molar-refractivity contribution is 9.10. The summed E-state index contributed by atoms with van der Waals surface area (Å²) in [6.07, 6.45) is 3.71. The molecular weight excluding hydrogens is 287 g/mol. The second-order valence-corrected chi connectivity index (χ2v) is 5.31. The van der Waals surface area contributed by atoms with Crippen LogP contribution in [-0.4, -0.2) is 18.3 Å². The molecule has 1 aliphatic carbocycles. The molecule has 0 unspecified atom stereocenters. The SMILES string of the molecule is OCCCc1cc(F)cc(Br)c1OCC1CC1. The third kappa shape index (κ3) is 3.68. The molecule has 94 valence electrons. The number of rotatable bonds is 6. The largest absolute Gasteiger partial charge is 0.492 e. The standard InChI is InChI=1S/C13H16BrFO2/c14-12-7-11(15)6-10(2-1-5-16)13(12)17-8-9-3-4-9/h6-7,9,16H,1-5,8H2. The highest BCUT2D eigenvalue weighted by Gasteiger charge is 2.23. The van der Waals surface area contributed by atoms with Crippen LogP contribution in [0.5, 0.6) is 5.75 Å². The van der Waals surface area contributed by atoms with E-state index in [0.29, 0.717) is 29.8 Å². The Bertz CT molecular complexity index is 391. The average Bonchev–Trinajstić information content (AvgIpc) is 3.08. The lowest BCUT2D eigenvalue weighted by Gasteiger charge is -2.13. The summed E-state index contributed by atoms with van der Waals surface area (Å²) in [5.41, 5.74) is 0.826. The Labute approximate surface area is 109 Å². The van der Waals surface area contributed by atoms with Gasteiger partial charge < -0.3 is 9.84 Å². The zero-order valence-corrected chi connectivity index (χ0v) is 11.2. The van der Waals surface area contributed by atoms with Crippen molar-refractivity contribution in [1.82, 2.24) is 0 Å². The quantitative estimate of drug-likeness (QED) is 0.874. The summed E-state index contributed by atoms with van der Waals surface area (Å²) in [7, 11) is 0. The summed E-state index contributed by atoms with van der Waals surface area (Å²) >= 11 is 3.33. The number of aryl methyl sites for hydroxylation is 1. The van der Waals surface area contributed by atoms with Crippen molar-refractivity contribution >= 4 is 15.9 Å². The summed E-state index contributed by atoms with van der Waals surface area (Å²) in [5.74, 6) is 1.12. The maximum absolute atomic E-state index is 13.3. The molecule has 1 fully saturated rings. The predicted molar refractivity (Wildman–Crippen MR) is 67.7 cm³/mol. The Balaban J connectivity index is 2.12. The van der Waals surface area contributed by atoms with Crippen molar-refractivity contribution in [3.63, 3.8) is 0 Å². The highest BCUT2D eigenvalue weighted by Crippen LogP contribution is 2.35. The lowest BCUT2D eigenvalue weighted by atomic mass is 10.1. The van der Waals surface area contributed by atoms with Gasteiger partial charge in [0.1, 0.15) is 11.6 Å². The van der Waals surface area contributed by atoms with Crippen molar-refractivity contribution < 1.29 is 14.2 Å². The van der Waals surface area contributed by atoms with Crippen LogP contribution >= 0.6 is 15.9 Å². The highest BCUT2D eigenvalue weighted by atomic mass is 79.9. The third-order valence-corrected chi connectivity index (χ3v) is 3.44. The Morgan fingerprint density at radius 2 is 2.18 bits per heavy atom. The minimum Gasteiger partial charge on any atom is -0.492 e. The molecule has 17 heavy (non-hydrogen) atoms. The van der Waals surface area contributed by atoms with E-state index in [4.69, 9.17) is 9.84 Å². The number of hydrogen-bond donors (Lipinski definition) is 1. The molecule has 4 heteroatoms. The molecule has 1 aliphatic rings. The van der Waals surface area contributed by atoms with E-state index in [1.54, 1.807) is 0 Å². The van der Waals surface area contributed by atoms with E-state index in [9.17, 15) is 4.39 Å². The van der Waals surface area contributed by atoms with E-state index in [1.165, 1.54) is 25.0 Å². The van der Waals surface area contributed by atoms with E-state index >= 15 is 0 Å². The Kier molecular flexibility index (Phi) is 4.40. The van der Waals surface area contributed by atoms with Gasteiger partial charge in [-0.2, -0.15) is 0 Å². The van der Waals surface area contributed by atoms with Crippen LogP contribution in [0.2, 0.25) is 0 Å². The Morgan fingerprint density at radius 3 is 2.82 bits per heavy atom. The lowest BCUT2D eigenvalue weighted by molar-refractivity contribution is 0.281. The molecule has 1 aromatic carbocycles. The molecule has 2 nitrogen and oxygen atoms in total. The average molecular weight is 303 g/mol. The van der Waals surface area contributed by atoms with Gasteiger partial charge in [-0.05, 0) is 65.2 Å². The number of aliphatic hydroxyl groups excluding tert-OH is 1. The van der Waals surface area contributed by atoms with Crippen LogP contribution in [0.1, 0.15) is 24.8 Å². The Hall–Kier alpha value is -0.610. The van der Waals surface area contributed by atoms with Crippen molar-refractivity contribution in [3.05, 3.63) is 28.0 Å². The van der Waals surface area contributed by atoms with E-state index in [2.05, 4.69) is 15.9 Å². The molecule has 0 aliphatic heterocycles. The zero-order valence-electron chi connectivity index (χ0n) is 9.59. The number of aliphatic hydroxyl groups is 1. The fourth-order valence-corrected chi connectivity index (χ4v) is 2.30. The molecule has 2 rings (SSSR count). The first-order chi connectivity index (χ1) is 8.20. The topological polar surface area (TPSA) is 29.5 Å². The maximum Gasteiger partial charge on any atom is 0.136 e. The van der Waals surface area contributed by atoms with Gasteiger partial charge >= 0.3 is 0 Å². The van der Waals surface area contributed by atoms with Crippen molar-refractivity contribution in [3.8, 4) is 5.75 Å². The molecular formula is C13H16BrFO2. The van der Waals surface area contributed by atoms with Gasteiger partial charge in [0, 0.05) is 6.61 Å². The first-order valence-corrected chi connectivity index (χ1v) is 6.71. The van der Waals surface area contributed by atoms with Crippen LogP contribution in [0.4, 0.5) is 4.39 Å². The number of hydrogen-bond acceptors (Lipinski definition) is 2. The fraction of sp³-hybridized carbons (Fsp3) is 0.538. The fourth-order valence-electron chi connectivity index (χ4n) is 1.72. The van der Waals surface area contributed by atoms with Crippen molar-refractivity contribution in [2.75, 3.05) is 13.2 Å². The molecule has 0 bridgehead atoms. The van der Waals surface area contributed by atoms with Gasteiger partial charge in [0.25, 0.3) is 0 Å². The summed E-state index contributed by atoms with van der Waals surface area (Å²) in [6.45, 7) is 0.812. The molecule has 0 atom stereocenters. The summed E-state index contributed by atoms with van der Waals surface area (Å²) in [5, 5.41) is 8.84. The van der Waals surface area contributed by atoms with Crippen LogP contribution in [0.25, 0.3) is 0 Å². The molecule has 1 N–H and O–H groups in total. The van der Waals surface area contributed by atoms with E-state index in [0.717, 1.165) is 11.3 Å². The number of benzene rings is 1. The lowest BCUT2D eigenvalue weighted by Crippen LogP contribution is -2.04. The van der Waals surface area contributed by atoms with Crippen LogP contribution in [0, 0.1) is 11.7 Å².